The molecule has 0 saturated heterocycles. The second kappa shape index (κ2) is 10.4. The van der Waals surface area contributed by atoms with Gasteiger partial charge in [0.05, 0.1) is 12.7 Å². The number of aliphatic hydroxyl groups excluding tert-OH is 2. The Kier molecular flexibility index (Phi) is 8.06. The molecule has 2 saturated carbocycles. The third-order valence-electron chi connectivity index (χ3n) is 8.07. The molecule has 0 spiro atoms. The van der Waals surface area contributed by atoms with Crippen LogP contribution in [0.4, 0.5) is 4.79 Å². The van der Waals surface area contributed by atoms with Gasteiger partial charge < -0.3 is 25.6 Å². The van der Waals surface area contributed by atoms with Crippen LogP contribution in [-0.4, -0.2) is 47.1 Å². The van der Waals surface area contributed by atoms with Gasteiger partial charge in [-0.2, -0.15) is 0 Å². The van der Waals surface area contributed by atoms with Crippen molar-refractivity contribution in [2.75, 3.05) is 6.61 Å². The number of fused-ring (bicyclic) bond motifs is 1. The highest BCUT2D eigenvalue weighted by atomic mass is 16.6. The Labute approximate surface area is 197 Å². The van der Waals surface area contributed by atoms with Gasteiger partial charge in [-0.05, 0) is 62.3 Å². The molecule has 0 heterocycles. The van der Waals surface area contributed by atoms with Crippen molar-refractivity contribution >= 4 is 12.0 Å². The number of rotatable bonds is 7. The zero-order valence-electron chi connectivity index (χ0n) is 20.3. The van der Waals surface area contributed by atoms with Gasteiger partial charge in [0.25, 0.3) is 0 Å². The van der Waals surface area contributed by atoms with Crippen molar-refractivity contribution in [2.45, 2.75) is 84.6 Å². The fourth-order valence-corrected chi connectivity index (χ4v) is 6.25. The fraction of sp³-hybridized carbons (Fsp3) is 0.692. The summed E-state index contributed by atoms with van der Waals surface area (Å²) in [6.45, 7) is 8.20. The maximum Gasteiger partial charge on any atom is 0.407 e. The molecule has 0 radical (unpaired) electrons. The molecular weight excluding hydrogens is 420 g/mol. The molecular formula is C26H40N2O5. The number of ether oxygens (including phenoxy) is 1. The normalized spacial score (nSPS) is 33.8. The van der Waals surface area contributed by atoms with Gasteiger partial charge in [0, 0.05) is 24.4 Å². The van der Waals surface area contributed by atoms with E-state index < -0.39 is 23.7 Å². The lowest BCUT2D eigenvalue weighted by Gasteiger charge is -2.60. The van der Waals surface area contributed by atoms with Crippen molar-refractivity contribution in [1.29, 1.82) is 0 Å². The van der Waals surface area contributed by atoms with Crippen LogP contribution >= 0.6 is 0 Å². The highest BCUT2D eigenvalue weighted by molar-refractivity contribution is 5.76. The molecule has 0 unspecified atom stereocenters. The lowest BCUT2D eigenvalue weighted by molar-refractivity contribution is -0.186. The molecule has 7 heteroatoms. The molecule has 1 aromatic carbocycles. The minimum absolute atomic E-state index is 0.0240. The van der Waals surface area contributed by atoms with E-state index in [1.165, 1.54) is 0 Å². The molecule has 0 aliphatic heterocycles. The third-order valence-corrected chi connectivity index (χ3v) is 8.07. The van der Waals surface area contributed by atoms with Crippen LogP contribution in [0.2, 0.25) is 0 Å². The molecule has 0 aromatic heterocycles. The van der Waals surface area contributed by atoms with E-state index in [1.54, 1.807) is 0 Å². The third kappa shape index (κ3) is 5.52. The van der Waals surface area contributed by atoms with Crippen molar-refractivity contribution < 1.29 is 24.5 Å². The molecule has 2 aliphatic carbocycles. The highest BCUT2D eigenvalue weighted by Crippen LogP contribution is 2.61. The van der Waals surface area contributed by atoms with Crippen molar-refractivity contribution in [2.24, 2.45) is 22.7 Å². The van der Waals surface area contributed by atoms with Crippen molar-refractivity contribution in [3.63, 3.8) is 0 Å². The number of hydrogen-bond acceptors (Lipinski definition) is 5. The van der Waals surface area contributed by atoms with Gasteiger partial charge in [-0.25, -0.2) is 4.79 Å². The molecule has 6 atom stereocenters. The SMILES string of the molecule is CC(C)NC(=O)O[C@@H]1CC[C@]2(C)[C@H](CC[C@@H](O)[C@H]2CC(=O)NCc2ccccc2)[C@]1(C)CO. The van der Waals surface area contributed by atoms with Crippen LogP contribution in [0.1, 0.15) is 65.4 Å². The molecule has 2 aliphatic rings. The second-order valence-electron chi connectivity index (χ2n) is 10.7. The summed E-state index contributed by atoms with van der Waals surface area (Å²) in [6.07, 6.45) is 1.39. The summed E-state index contributed by atoms with van der Waals surface area (Å²) in [5.74, 6) is -0.274. The van der Waals surface area contributed by atoms with Crippen LogP contribution in [0, 0.1) is 22.7 Å². The number of nitrogens with one attached hydrogen (secondary N) is 2. The van der Waals surface area contributed by atoms with E-state index in [0.29, 0.717) is 19.4 Å². The van der Waals surface area contributed by atoms with Gasteiger partial charge in [-0.1, -0.05) is 44.2 Å². The van der Waals surface area contributed by atoms with Gasteiger partial charge >= 0.3 is 6.09 Å². The summed E-state index contributed by atoms with van der Waals surface area (Å²) >= 11 is 0. The van der Waals surface area contributed by atoms with Crippen LogP contribution in [0.3, 0.4) is 0 Å². The minimum Gasteiger partial charge on any atom is -0.446 e. The molecule has 3 rings (SSSR count). The standard InChI is InChI=1S/C26H40N2O5/c1-17(2)28-24(32)33-22-12-13-25(3)19(20(30)10-11-21(25)26(22,4)16-29)14-23(31)27-15-18-8-6-5-7-9-18/h5-9,17,19-22,29-30H,10-16H2,1-4H3,(H,27,31)(H,28,32)/t19-,20-,21+,22-,25+,26+/m1/s1. The number of hydrogen-bond donors (Lipinski definition) is 4. The Hall–Kier alpha value is -2.12. The summed E-state index contributed by atoms with van der Waals surface area (Å²) in [7, 11) is 0. The van der Waals surface area contributed by atoms with Gasteiger partial charge in [-0.3, -0.25) is 4.79 Å². The first-order chi connectivity index (χ1) is 15.6. The number of benzene rings is 1. The van der Waals surface area contributed by atoms with Gasteiger partial charge in [-0.15, -0.1) is 0 Å². The Morgan fingerprint density at radius 3 is 2.48 bits per heavy atom. The van der Waals surface area contributed by atoms with Crippen molar-refractivity contribution in [1.82, 2.24) is 10.6 Å². The van der Waals surface area contributed by atoms with E-state index in [-0.39, 0.29) is 42.2 Å². The predicted octanol–water partition coefficient (Wildman–Crippen LogP) is 3.38. The van der Waals surface area contributed by atoms with E-state index in [1.807, 2.05) is 51.1 Å². The van der Waals surface area contributed by atoms with E-state index in [9.17, 15) is 19.8 Å². The topological polar surface area (TPSA) is 108 Å². The van der Waals surface area contributed by atoms with Gasteiger partial charge in [0.15, 0.2) is 0 Å². The smallest absolute Gasteiger partial charge is 0.407 e. The zero-order chi connectivity index (χ0) is 24.2. The fourth-order valence-electron chi connectivity index (χ4n) is 6.25. The molecule has 2 amide bonds. The van der Waals surface area contributed by atoms with Crippen LogP contribution in [-0.2, 0) is 16.1 Å². The maximum absolute atomic E-state index is 12.8. The number of alkyl carbamates (subject to hydrolysis) is 1. The van der Waals surface area contributed by atoms with E-state index in [4.69, 9.17) is 4.74 Å². The monoisotopic (exact) mass is 460 g/mol. The summed E-state index contributed by atoms with van der Waals surface area (Å²) in [5.41, 5.74) is 0.0534. The molecule has 2 fully saturated rings. The first kappa shape index (κ1) is 25.5. The van der Waals surface area contributed by atoms with E-state index >= 15 is 0 Å². The number of carbonyl (C=O) groups is 2. The molecule has 4 N–H and O–H groups in total. The van der Waals surface area contributed by atoms with Crippen LogP contribution in [0.5, 0.6) is 0 Å². The highest BCUT2D eigenvalue weighted by Gasteiger charge is 2.60. The summed E-state index contributed by atoms with van der Waals surface area (Å²) in [4.78, 5) is 25.1. The zero-order valence-corrected chi connectivity index (χ0v) is 20.3. The first-order valence-corrected chi connectivity index (χ1v) is 12.2. The summed E-state index contributed by atoms with van der Waals surface area (Å²) < 4.78 is 5.78. The van der Waals surface area contributed by atoms with Crippen LogP contribution in [0.25, 0.3) is 0 Å². The Morgan fingerprint density at radius 1 is 1.15 bits per heavy atom. The predicted molar refractivity (Wildman–Crippen MR) is 126 cm³/mol. The Balaban J connectivity index is 1.73. The molecule has 7 nitrogen and oxygen atoms in total. The average Bonchev–Trinajstić information content (AvgIpc) is 2.77. The quantitative estimate of drug-likeness (QED) is 0.499. The minimum atomic E-state index is -0.639. The van der Waals surface area contributed by atoms with Gasteiger partial charge in [0.2, 0.25) is 5.91 Å². The second-order valence-corrected chi connectivity index (χ2v) is 10.7. The summed E-state index contributed by atoms with van der Waals surface area (Å²) in [6, 6.07) is 9.73. The molecule has 184 valence electrons. The molecule has 1 aromatic rings. The van der Waals surface area contributed by atoms with Crippen LogP contribution < -0.4 is 10.6 Å². The lowest BCUT2D eigenvalue weighted by Crippen LogP contribution is -2.61. The first-order valence-electron chi connectivity index (χ1n) is 12.2. The number of aliphatic hydroxyl groups is 2. The van der Waals surface area contributed by atoms with Gasteiger partial charge in [0.1, 0.15) is 6.10 Å². The number of carbonyl (C=O) groups excluding carboxylic acids is 2. The maximum atomic E-state index is 12.8. The van der Waals surface area contributed by atoms with Crippen molar-refractivity contribution in [3.8, 4) is 0 Å². The average molecular weight is 461 g/mol. The van der Waals surface area contributed by atoms with Crippen molar-refractivity contribution in [3.05, 3.63) is 35.9 Å². The molecule has 33 heavy (non-hydrogen) atoms. The summed E-state index contributed by atoms with van der Waals surface area (Å²) in [5, 5.41) is 27.1. The Bertz CT molecular complexity index is 816. The van der Waals surface area contributed by atoms with Crippen LogP contribution in [0.15, 0.2) is 30.3 Å². The molecule has 0 bridgehead atoms. The largest absolute Gasteiger partial charge is 0.446 e. The number of amides is 2. The van der Waals surface area contributed by atoms with E-state index in [2.05, 4.69) is 17.6 Å². The van der Waals surface area contributed by atoms with E-state index in [0.717, 1.165) is 18.4 Å². The lowest BCUT2D eigenvalue weighted by atomic mass is 9.46. The Morgan fingerprint density at radius 2 is 1.85 bits per heavy atom.